The molecule has 4 rings (SSSR count). The zero-order valence-corrected chi connectivity index (χ0v) is 15.3. The monoisotopic (exact) mass is 365 g/mol. The number of aromatic nitrogens is 1. The van der Waals surface area contributed by atoms with Gasteiger partial charge in [-0.2, -0.15) is 0 Å². The Morgan fingerprint density at radius 1 is 1.15 bits per heavy atom. The van der Waals surface area contributed by atoms with Gasteiger partial charge in [0.25, 0.3) is 5.91 Å². The smallest absolute Gasteiger partial charge is 0.255 e. The van der Waals surface area contributed by atoms with Gasteiger partial charge in [-0.25, -0.2) is 4.98 Å². The normalized spacial score (nSPS) is 14.7. The maximum absolute atomic E-state index is 12.5. The van der Waals surface area contributed by atoms with Crippen LogP contribution in [0.3, 0.4) is 0 Å². The summed E-state index contributed by atoms with van der Waals surface area (Å²) in [5.41, 5.74) is 3.12. The largest absolute Gasteiger partial charge is 0.322 e. The molecule has 0 atom stereocenters. The van der Waals surface area contributed by atoms with Crippen LogP contribution in [-0.4, -0.2) is 23.3 Å². The average Bonchev–Trinajstić information content (AvgIpc) is 3.01. The number of carbonyl (C=O) groups is 2. The van der Waals surface area contributed by atoms with Crippen molar-refractivity contribution in [1.29, 1.82) is 0 Å². The zero-order chi connectivity index (χ0) is 18.1. The molecule has 0 aliphatic carbocycles. The minimum atomic E-state index is -0.165. The third kappa shape index (κ3) is 3.32. The Morgan fingerprint density at radius 3 is 2.73 bits per heavy atom. The lowest BCUT2D eigenvalue weighted by atomic mass is 10.1. The van der Waals surface area contributed by atoms with Crippen LogP contribution in [0, 0.1) is 6.92 Å². The fraction of sp³-hybridized carbons (Fsp3) is 0.250. The summed E-state index contributed by atoms with van der Waals surface area (Å²) in [7, 11) is 0. The van der Waals surface area contributed by atoms with Crippen LogP contribution in [0.2, 0.25) is 0 Å². The van der Waals surface area contributed by atoms with Gasteiger partial charge >= 0.3 is 0 Å². The molecule has 0 radical (unpaired) electrons. The molecule has 6 heteroatoms. The van der Waals surface area contributed by atoms with Crippen LogP contribution in [0.25, 0.3) is 10.2 Å². The molecule has 0 unspecified atom stereocenters. The van der Waals surface area contributed by atoms with Crippen LogP contribution in [0.4, 0.5) is 11.4 Å². The first-order chi connectivity index (χ1) is 12.6. The summed E-state index contributed by atoms with van der Waals surface area (Å²) in [6.45, 7) is 2.72. The molecule has 1 fully saturated rings. The molecule has 3 aromatic rings. The van der Waals surface area contributed by atoms with E-state index in [2.05, 4.69) is 10.3 Å². The molecule has 0 bridgehead atoms. The van der Waals surface area contributed by atoms with E-state index in [-0.39, 0.29) is 11.8 Å². The van der Waals surface area contributed by atoms with E-state index in [9.17, 15) is 9.59 Å². The van der Waals surface area contributed by atoms with Gasteiger partial charge in [0.05, 0.1) is 15.2 Å². The average molecular weight is 365 g/mol. The highest BCUT2D eigenvalue weighted by Crippen LogP contribution is 2.25. The second kappa shape index (κ2) is 6.88. The lowest BCUT2D eigenvalue weighted by Crippen LogP contribution is -2.35. The molecular formula is C20H19N3O2S. The molecule has 1 saturated heterocycles. The van der Waals surface area contributed by atoms with Gasteiger partial charge in [0.15, 0.2) is 0 Å². The van der Waals surface area contributed by atoms with Crippen molar-refractivity contribution < 1.29 is 9.59 Å². The zero-order valence-electron chi connectivity index (χ0n) is 14.5. The number of amides is 2. The molecule has 1 aromatic heterocycles. The first-order valence-corrected chi connectivity index (χ1v) is 9.51. The standard InChI is InChI=1S/C20H19N3O2S/c1-13-21-17-10-7-15(12-18(17)26-13)22-20(25)14-5-8-16(9-6-14)23-11-3-2-4-19(23)24/h5-10,12H,2-4,11H2,1H3,(H,22,25). The third-order valence-electron chi connectivity index (χ3n) is 4.52. The van der Waals surface area contributed by atoms with Crippen molar-refractivity contribution in [2.24, 2.45) is 0 Å². The quantitative estimate of drug-likeness (QED) is 0.749. The molecule has 0 saturated carbocycles. The van der Waals surface area contributed by atoms with Gasteiger partial charge in [0.2, 0.25) is 5.91 Å². The molecule has 2 aromatic carbocycles. The van der Waals surface area contributed by atoms with Crippen molar-refractivity contribution in [2.75, 3.05) is 16.8 Å². The van der Waals surface area contributed by atoms with Crippen molar-refractivity contribution in [3.8, 4) is 0 Å². The molecule has 0 spiro atoms. The van der Waals surface area contributed by atoms with Gasteiger partial charge in [-0.05, 0) is 62.2 Å². The number of anilines is 2. The number of hydrogen-bond acceptors (Lipinski definition) is 4. The van der Waals surface area contributed by atoms with Crippen LogP contribution in [0.1, 0.15) is 34.6 Å². The Morgan fingerprint density at radius 2 is 1.96 bits per heavy atom. The first kappa shape index (κ1) is 16.7. The Bertz CT molecular complexity index is 978. The first-order valence-electron chi connectivity index (χ1n) is 8.69. The van der Waals surface area contributed by atoms with E-state index in [1.165, 1.54) is 0 Å². The lowest BCUT2D eigenvalue weighted by molar-refractivity contribution is -0.119. The summed E-state index contributed by atoms with van der Waals surface area (Å²) in [6.07, 6.45) is 2.58. The number of thiazole rings is 1. The van der Waals surface area contributed by atoms with Crippen molar-refractivity contribution in [1.82, 2.24) is 4.98 Å². The molecule has 1 aliphatic rings. The van der Waals surface area contributed by atoms with Gasteiger partial charge in [-0.3, -0.25) is 9.59 Å². The van der Waals surface area contributed by atoms with Crippen molar-refractivity contribution in [3.05, 3.63) is 53.0 Å². The number of rotatable bonds is 3. The minimum Gasteiger partial charge on any atom is -0.322 e. The number of aryl methyl sites for hydroxylation is 1. The predicted octanol–water partition coefficient (Wildman–Crippen LogP) is 4.37. The van der Waals surface area contributed by atoms with Gasteiger partial charge in [-0.1, -0.05) is 0 Å². The van der Waals surface area contributed by atoms with E-state index in [4.69, 9.17) is 0 Å². The van der Waals surface area contributed by atoms with Crippen LogP contribution >= 0.6 is 11.3 Å². The SMILES string of the molecule is Cc1nc2ccc(NC(=O)c3ccc(N4CCCCC4=O)cc3)cc2s1. The van der Waals surface area contributed by atoms with Gasteiger partial charge in [0.1, 0.15) is 0 Å². The third-order valence-corrected chi connectivity index (χ3v) is 5.45. The number of nitrogens with one attached hydrogen (secondary N) is 1. The Balaban J connectivity index is 1.49. The summed E-state index contributed by atoms with van der Waals surface area (Å²) in [6, 6.07) is 12.9. The number of carbonyl (C=O) groups excluding carboxylic acids is 2. The molecular weight excluding hydrogens is 346 g/mol. The fourth-order valence-corrected chi connectivity index (χ4v) is 4.06. The highest BCUT2D eigenvalue weighted by Gasteiger charge is 2.19. The summed E-state index contributed by atoms with van der Waals surface area (Å²) >= 11 is 1.61. The highest BCUT2D eigenvalue weighted by atomic mass is 32.1. The second-order valence-electron chi connectivity index (χ2n) is 6.42. The maximum Gasteiger partial charge on any atom is 0.255 e. The summed E-state index contributed by atoms with van der Waals surface area (Å²) in [4.78, 5) is 30.7. The van der Waals surface area contributed by atoms with Crippen LogP contribution < -0.4 is 10.2 Å². The minimum absolute atomic E-state index is 0.154. The van der Waals surface area contributed by atoms with E-state index >= 15 is 0 Å². The molecule has 2 amide bonds. The molecule has 1 N–H and O–H groups in total. The maximum atomic E-state index is 12.5. The highest BCUT2D eigenvalue weighted by molar-refractivity contribution is 7.18. The van der Waals surface area contributed by atoms with E-state index in [0.29, 0.717) is 12.0 Å². The van der Waals surface area contributed by atoms with Crippen LogP contribution in [0.15, 0.2) is 42.5 Å². The van der Waals surface area contributed by atoms with E-state index in [1.54, 1.807) is 28.4 Å². The Kier molecular flexibility index (Phi) is 4.42. The Labute approximate surface area is 155 Å². The summed E-state index contributed by atoms with van der Waals surface area (Å²) in [5.74, 6) is -0.0105. The number of nitrogens with zero attached hydrogens (tertiary/aromatic N) is 2. The Hall–Kier alpha value is -2.73. The predicted molar refractivity (Wildman–Crippen MR) is 105 cm³/mol. The van der Waals surface area contributed by atoms with Gasteiger partial charge in [0, 0.05) is 29.9 Å². The fourth-order valence-electron chi connectivity index (χ4n) is 3.19. The molecule has 5 nitrogen and oxygen atoms in total. The van der Waals surface area contributed by atoms with E-state index in [1.807, 2.05) is 37.3 Å². The molecule has 1 aliphatic heterocycles. The lowest BCUT2D eigenvalue weighted by Gasteiger charge is -2.26. The molecule has 26 heavy (non-hydrogen) atoms. The summed E-state index contributed by atoms with van der Waals surface area (Å²) < 4.78 is 1.05. The van der Waals surface area contributed by atoms with Crippen molar-refractivity contribution in [2.45, 2.75) is 26.2 Å². The molecule has 132 valence electrons. The van der Waals surface area contributed by atoms with Crippen molar-refractivity contribution in [3.63, 3.8) is 0 Å². The van der Waals surface area contributed by atoms with Crippen LogP contribution in [-0.2, 0) is 4.79 Å². The summed E-state index contributed by atoms with van der Waals surface area (Å²) in [5, 5.41) is 3.93. The number of fused-ring (bicyclic) bond motifs is 1. The van der Waals surface area contributed by atoms with Gasteiger partial charge in [-0.15, -0.1) is 11.3 Å². The molecule has 2 heterocycles. The van der Waals surface area contributed by atoms with E-state index < -0.39 is 0 Å². The number of benzene rings is 2. The van der Waals surface area contributed by atoms with Crippen molar-refractivity contribution >= 4 is 44.7 Å². The number of piperidine rings is 1. The number of hydrogen-bond donors (Lipinski definition) is 1. The second-order valence-corrected chi connectivity index (χ2v) is 7.65. The van der Waals surface area contributed by atoms with E-state index in [0.717, 1.165) is 46.0 Å². The van der Waals surface area contributed by atoms with Gasteiger partial charge < -0.3 is 10.2 Å². The van der Waals surface area contributed by atoms with Crippen LogP contribution in [0.5, 0.6) is 0 Å². The topological polar surface area (TPSA) is 62.3 Å².